The van der Waals surface area contributed by atoms with Crippen LogP contribution in [0, 0.1) is 5.82 Å². The molecule has 0 bridgehead atoms. The summed E-state index contributed by atoms with van der Waals surface area (Å²) in [5.41, 5.74) is 3.60. The lowest BCUT2D eigenvalue weighted by molar-refractivity contribution is 0.0277. The Kier molecular flexibility index (Phi) is 4.83. The van der Waals surface area contributed by atoms with Crippen LogP contribution in [0.25, 0.3) is 0 Å². The van der Waals surface area contributed by atoms with Crippen molar-refractivity contribution in [3.05, 3.63) is 35.6 Å². The Bertz CT molecular complexity index is 333. The van der Waals surface area contributed by atoms with Crippen molar-refractivity contribution in [2.75, 3.05) is 20.3 Å². The van der Waals surface area contributed by atoms with E-state index in [1.165, 1.54) is 25.3 Å². The fourth-order valence-corrected chi connectivity index (χ4v) is 1.72. The van der Waals surface area contributed by atoms with Crippen molar-refractivity contribution in [3.8, 4) is 0 Å². The van der Waals surface area contributed by atoms with Crippen molar-refractivity contribution < 1.29 is 13.5 Å². The van der Waals surface area contributed by atoms with Crippen LogP contribution in [0.1, 0.15) is 18.4 Å². The molecule has 0 radical (unpaired) electrons. The Labute approximate surface area is 94.4 Å². The first-order valence-corrected chi connectivity index (χ1v) is 5.27. The van der Waals surface area contributed by atoms with E-state index >= 15 is 0 Å². The van der Waals surface area contributed by atoms with Crippen LogP contribution in [0.15, 0.2) is 24.3 Å². The molecule has 1 atom stereocenters. The minimum absolute atomic E-state index is 0.0466. The number of hydrogen-bond acceptors (Lipinski definition) is 2. The molecule has 4 heteroatoms. The molecule has 90 valence electrons. The van der Waals surface area contributed by atoms with E-state index < -0.39 is 11.5 Å². The third-order valence-electron chi connectivity index (χ3n) is 2.51. The van der Waals surface area contributed by atoms with Gasteiger partial charge in [0.25, 0.3) is 0 Å². The third kappa shape index (κ3) is 3.00. The fraction of sp³-hybridized carbons (Fsp3) is 0.500. The lowest BCUT2D eigenvalue weighted by Gasteiger charge is -2.25. The molecule has 1 aromatic carbocycles. The Morgan fingerprint density at radius 3 is 2.62 bits per heavy atom. The largest absolute Gasteiger partial charge is 0.381 e. The zero-order valence-corrected chi connectivity index (χ0v) is 9.38. The third-order valence-corrected chi connectivity index (χ3v) is 2.51. The quantitative estimate of drug-likeness (QED) is 0.812. The second-order valence-electron chi connectivity index (χ2n) is 3.77. The first kappa shape index (κ1) is 13.1. The van der Waals surface area contributed by atoms with Gasteiger partial charge in [0, 0.05) is 12.7 Å². The topological polar surface area (TPSA) is 35.2 Å². The number of benzene rings is 1. The first-order valence-electron chi connectivity index (χ1n) is 5.27. The van der Waals surface area contributed by atoms with Crippen molar-refractivity contribution in [1.29, 1.82) is 0 Å². The van der Waals surface area contributed by atoms with Gasteiger partial charge in [-0.1, -0.05) is 18.2 Å². The molecule has 0 aliphatic rings. The molecule has 1 aromatic rings. The fourth-order valence-electron chi connectivity index (χ4n) is 1.72. The molecule has 0 aliphatic heterocycles. The molecule has 0 spiro atoms. The summed E-state index contributed by atoms with van der Waals surface area (Å²) in [4.78, 5) is 0. The lowest BCUT2D eigenvalue weighted by Crippen LogP contribution is -2.28. The molecule has 0 heterocycles. The summed E-state index contributed by atoms with van der Waals surface area (Å²) in [7, 11) is 1.40. The Morgan fingerprint density at radius 2 is 2.06 bits per heavy atom. The average molecular weight is 229 g/mol. The summed E-state index contributed by atoms with van der Waals surface area (Å²) >= 11 is 0. The summed E-state index contributed by atoms with van der Waals surface area (Å²) in [5, 5.41) is 0. The molecule has 0 amide bonds. The molecular formula is C12H17F2NO. The smallest absolute Gasteiger partial charge is 0.162 e. The SMILES string of the molecule is COCC(F)(CCCN)c1ccccc1F. The molecule has 0 fully saturated rings. The van der Waals surface area contributed by atoms with Gasteiger partial charge in [-0.25, -0.2) is 8.78 Å². The molecule has 16 heavy (non-hydrogen) atoms. The monoisotopic (exact) mass is 229 g/mol. The van der Waals surface area contributed by atoms with Crippen LogP contribution in [0.3, 0.4) is 0 Å². The maximum absolute atomic E-state index is 14.6. The van der Waals surface area contributed by atoms with E-state index in [1.54, 1.807) is 6.07 Å². The van der Waals surface area contributed by atoms with Gasteiger partial charge in [0.15, 0.2) is 5.67 Å². The van der Waals surface area contributed by atoms with E-state index in [4.69, 9.17) is 10.5 Å². The molecule has 1 rings (SSSR count). The van der Waals surface area contributed by atoms with E-state index in [9.17, 15) is 8.78 Å². The van der Waals surface area contributed by atoms with Crippen molar-refractivity contribution >= 4 is 0 Å². The van der Waals surface area contributed by atoms with Crippen LogP contribution in [-0.4, -0.2) is 20.3 Å². The highest BCUT2D eigenvalue weighted by Gasteiger charge is 2.33. The van der Waals surface area contributed by atoms with E-state index in [2.05, 4.69) is 0 Å². The number of halogens is 2. The predicted octanol–water partition coefficient (Wildman–Crippen LogP) is 2.38. The average Bonchev–Trinajstić information content (AvgIpc) is 2.27. The van der Waals surface area contributed by atoms with E-state index in [0.29, 0.717) is 13.0 Å². The predicted molar refractivity (Wildman–Crippen MR) is 59.4 cm³/mol. The standard InChI is InChI=1S/C12H17F2NO/c1-16-9-12(14,7-4-8-15)10-5-2-3-6-11(10)13/h2-3,5-6H,4,7-9,15H2,1H3. The maximum atomic E-state index is 14.6. The molecule has 0 saturated carbocycles. The number of rotatable bonds is 6. The van der Waals surface area contributed by atoms with Gasteiger partial charge in [-0.15, -0.1) is 0 Å². The molecule has 0 saturated heterocycles. The van der Waals surface area contributed by atoms with Gasteiger partial charge in [-0.05, 0) is 25.5 Å². The number of nitrogens with two attached hydrogens (primary N) is 1. The van der Waals surface area contributed by atoms with Gasteiger partial charge >= 0.3 is 0 Å². The van der Waals surface area contributed by atoms with E-state index in [0.717, 1.165) is 0 Å². The number of hydrogen-bond donors (Lipinski definition) is 1. The van der Waals surface area contributed by atoms with Gasteiger partial charge in [-0.3, -0.25) is 0 Å². The highest BCUT2D eigenvalue weighted by atomic mass is 19.1. The molecule has 2 N–H and O–H groups in total. The minimum Gasteiger partial charge on any atom is -0.381 e. The van der Waals surface area contributed by atoms with Gasteiger partial charge < -0.3 is 10.5 Å². The summed E-state index contributed by atoms with van der Waals surface area (Å²) in [6.45, 7) is 0.220. The molecule has 0 aliphatic carbocycles. The summed E-state index contributed by atoms with van der Waals surface area (Å²) in [6.07, 6.45) is 0.659. The highest BCUT2D eigenvalue weighted by Crippen LogP contribution is 2.33. The summed E-state index contributed by atoms with van der Waals surface area (Å²) < 4.78 is 32.9. The van der Waals surface area contributed by atoms with Gasteiger partial charge in [0.1, 0.15) is 5.82 Å². The molecule has 0 aromatic heterocycles. The van der Waals surface area contributed by atoms with Crippen LogP contribution in [-0.2, 0) is 10.4 Å². The molecular weight excluding hydrogens is 212 g/mol. The number of ether oxygens (including phenoxy) is 1. The Morgan fingerprint density at radius 1 is 1.38 bits per heavy atom. The number of methoxy groups -OCH3 is 1. The minimum atomic E-state index is -1.79. The second kappa shape index (κ2) is 5.92. The first-order chi connectivity index (χ1) is 7.64. The van der Waals surface area contributed by atoms with Gasteiger partial charge in [0.2, 0.25) is 0 Å². The zero-order valence-electron chi connectivity index (χ0n) is 9.38. The van der Waals surface area contributed by atoms with Crippen molar-refractivity contribution in [2.45, 2.75) is 18.5 Å². The molecule has 1 unspecified atom stereocenters. The normalized spacial score (nSPS) is 14.8. The zero-order chi connectivity index (χ0) is 12.0. The Balaban J connectivity index is 2.96. The summed E-state index contributed by atoms with van der Waals surface area (Å²) in [5.74, 6) is -0.543. The van der Waals surface area contributed by atoms with Gasteiger partial charge in [0.05, 0.1) is 6.61 Å². The van der Waals surface area contributed by atoms with Crippen LogP contribution >= 0.6 is 0 Å². The van der Waals surface area contributed by atoms with Crippen LogP contribution in [0.5, 0.6) is 0 Å². The summed E-state index contributed by atoms with van der Waals surface area (Å²) in [6, 6.07) is 5.85. The second-order valence-corrected chi connectivity index (χ2v) is 3.77. The molecule has 2 nitrogen and oxygen atoms in total. The maximum Gasteiger partial charge on any atom is 0.162 e. The lowest BCUT2D eigenvalue weighted by atomic mass is 9.91. The van der Waals surface area contributed by atoms with Crippen LogP contribution in [0.2, 0.25) is 0 Å². The number of alkyl halides is 1. The van der Waals surface area contributed by atoms with E-state index in [1.807, 2.05) is 0 Å². The van der Waals surface area contributed by atoms with E-state index in [-0.39, 0.29) is 18.6 Å². The Hall–Kier alpha value is -1.00. The van der Waals surface area contributed by atoms with Crippen molar-refractivity contribution in [1.82, 2.24) is 0 Å². The van der Waals surface area contributed by atoms with Crippen LogP contribution in [0.4, 0.5) is 8.78 Å². The van der Waals surface area contributed by atoms with Crippen molar-refractivity contribution in [3.63, 3.8) is 0 Å². The van der Waals surface area contributed by atoms with Gasteiger partial charge in [-0.2, -0.15) is 0 Å². The van der Waals surface area contributed by atoms with Crippen LogP contribution < -0.4 is 5.73 Å². The van der Waals surface area contributed by atoms with Crippen molar-refractivity contribution in [2.24, 2.45) is 5.73 Å². The highest BCUT2D eigenvalue weighted by molar-refractivity contribution is 5.24.